The maximum absolute atomic E-state index is 5.62. The molecular weight excluding hydrogens is 212 g/mol. The van der Waals surface area contributed by atoms with Gasteiger partial charge in [-0.05, 0) is 63.9 Å². The summed E-state index contributed by atoms with van der Waals surface area (Å²) in [5.41, 5.74) is 5.62. The fraction of sp³-hybridized carbons (Fsp3) is 0.714. The molecule has 17 heavy (non-hydrogen) atoms. The maximum atomic E-state index is 5.62. The molecule has 0 aliphatic carbocycles. The van der Waals surface area contributed by atoms with Crippen molar-refractivity contribution >= 4 is 0 Å². The van der Waals surface area contributed by atoms with E-state index in [1.54, 1.807) is 6.26 Å². The molecule has 1 aliphatic rings. The van der Waals surface area contributed by atoms with Gasteiger partial charge < -0.3 is 15.1 Å². The zero-order valence-corrected chi connectivity index (χ0v) is 10.8. The van der Waals surface area contributed by atoms with E-state index in [0.29, 0.717) is 6.04 Å². The molecule has 0 spiro atoms. The van der Waals surface area contributed by atoms with Crippen LogP contribution in [0, 0.1) is 5.92 Å². The highest BCUT2D eigenvalue weighted by molar-refractivity contribution is 5.00. The molecule has 0 radical (unpaired) electrons. The first-order valence-electron chi connectivity index (χ1n) is 6.76. The molecule has 96 valence electrons. The van der Waals surface area contributed by atoms with Crippen molar-refractivity contribution in [3.63, 3.8) is 0 Å². The molecule has 2 heterocycles. The van der Waals surface area contributed by atoms with Crippen LogP contribution in [0.25, 0.3) is 0 Å². The summed E-state index contributed by atoms with van der Waals surface area (Å²) in [6.07, 6.45) is 6.59. The zero-order valence-electron chi connectivity index (χ0n) is 10.8. The predicted molar refractivity (Wildman–Crippen MR) is 69.8 cm³/mol. The van der Waals surface area contributed by atoms with E-state index in [4.69, 9.17) is 10.2 Å². The van der Waals surface area contributed by atoms with Gasteiger partial charge in [0.25, 0.3) is 0 Å². The largest absolute Gasteiger partial charge is 0.469 e. The van der Waals surface area contributed by atoms with Gasteiger partial charge in [0.05, 0.1) is 6.26 Å². The average Bonchev–Trinajstić information content (AvgIpc) is 2.83. The summed E-state index contributed by atoms with van der Waals surface area (Å²) < 4.78 is 5.41. The zero-order chi connectivity index (χ0) is 12.1. The Morgan fingerprint density at radius 2 is 2.24 bits per heavy atom. The van der Waals surface area contributed by atoms with Gasteiger partial charge in [0.2, 0.25) is 0 Å². The Morgan fingerprint density at radius 1 is 1.47 bits per heavy atom. The molecule has 2 N–H and O–H groups in total. The van der Waals surface area contributed by atoms with Gasteiger partial charge in [-0.2, -0.15) is 0 Å². The summed E-state index contributed by atoms with van der Waals surface area (Å²) >= 11 is 0. The van der Waals surface area contributed by atoms with E-state index < -0.39 is 0 Å². The smallest absolute Gasteiger partial charge is 0.105 e. The molecule has 0 bridgehead atoms. The summed E-state index contributed by atoms with van der Waals surface area (Å²) in [5.74, 6) is 1.95. The van der Waals surface area contributed by atoms with Gasteiger partial charge in [0, 0.05) is 12.5 Å². The first-order chi connectivity index (χ1) is 8.29. The molecule has 3 nitrogen and oxygen atoms in total. The number of likely N-dealkylation sites (tertiary alicyclic amines) is 1. The summed E-state index contributed by atoms with van der Waals surface area (Å²) in [7, 11) is 0. The normalized spacial score (nSPS) is 20.6. The highest BCUT2D eigenvalue weighted by Crippen LogP contribution is 2.22. The molecule has 1 aromatic heterocycles. The van der Waals surface area contributed by atoms with E-state index in [2.05, 4.69) is 17.9 Å². The molecule has 2 rings (SSSR count). The maximum Gasteiger partial charge on any atom is 0.105 e. The van der Waals surface area contributed by atoms with Gasteiger partial charge in [-0.3, -0.25) is 0 Å². The first kappa shape index (κ1) is 12.7. The third kappa shape index (κ3) is 3.58. The topological polar surface area (TPSA) is 42.4 Å². The lowest BCUT2D eigenvalue weighted by Crippen LogP contribution is -2.41. The second kappa shape index (κ2) is 6.22. The van der Waals surface area contributed by atoms with E-state index in [9.17, 15) is 0 Å². The monoisotopic (exact) mass is 236 g/mol. The summed E-state index contributed by atoms with van der Waals surface area (Å²) in [6, 6.07) is 4.62. The molecular formula is C14H24N2O. The quantitative estimate of drug-likeness (QED) is 0.853. The molecule has 1 fully saturated rings. The van der Waals surface area contributed by atoms with Crippen molar-refractivity contribution < 1.29 is 4.42 Å². The van der Waals surface area contributed by atoms with Crippen molar-refractivity contribution in [3.05, 3.63) is 24.2 Å². The minimum atomic E-state index is 0.583. The van der Waals surface area contributed by atoms with Gasteiger partial charge >= 0.3 is 0 Å². The fourth-order valence-corrected chi connectivity index (χ4v) is 2.77. The molecule has 0 saturated carbocycles. The second-order valence-corrected chi connectivity index (χ2v) is 5.19. The second-order valence-electron chi connectivity index (χ2n) is 5.19. The molecule has 1 unspecified atom stereocenters. The number of nitrogens with two attached hydrogens (primary N) is 1. The van der Waals surface area contributed by atoms with E-state index in [1.807, 2.05) is 6.07 Å². The van der Waals surface area contributed by atoms with Crippen LogP contribution in [-0.4, -0.2) is 30.6 Å². The van der Waals surface area contributed by atoms with Crippen LogP contribution >= 0.6 is 0 Å². The Morgan fingerprint density at radius 3 is 2.82 bits per heavy atom. The van der Waals surface area contributed by atoms with Gasteiger partial charge in [-0.1, -0.05) is 0 Å². The predicted octanol–water partition coefficient (Wildman–Crippen LogP) is 2.27. The fourth-order valence-electron chi connectivity index (χ4n) is 2.77. The molecule has 1 aromatic rings. The summed E-state index contributed by atoms with van der Waals surface area (Å²) in [4.78, 5) is 2.58. The number of furan rings is 1. The van der Waals surface area contributed by atoms with Crippen LogP contribution in [0.5, 0.6) is 0 Å². The van der Waals surface area contributed by atoms with Crippen LogP contribution in [0.15, 0.2) is 22.8 Å². The molecule has 1 saturated heterocycles. The molecule has 0 amide bonds. The average molecular weight is 236 g/mol. The van der Waals surface area contributed by atoms with Gasteiger partial charge in [0.1, 0.15) is 5.76 Å². The van der Waals surface area contributed by atoms with Gasteiger partial charge in [-0.15, -0.1) is 0 Å². The lowest BCUT2D eigenvalue weighted by Gasteiger charge is -2.35. The Bertz CT molecular complexity index is 302. The lowest BCUT2D eigenvalue weighted by molar-refractivity contribution is 0.134. The Kier molecular flexibility index (Phi) is 4.63. The van der Waals surface area contributed by atoms with E-state index in [0.717, 1.165) is 24.6 Å². The molecule has 0 aromatic carbocycles. The van der Waals surface area contributed by atoms with Crippen LogP contribution in [0.1, 0.15) is 31.9 Å². The highest BCUT2D eigenvalue weighted by atomic mass is 16.3. The first-order valence-corrected chi connectivity index (χ1v) is 6.76. The van der Waals surface area contributed by atoms with Gasteiger partial charge in [-0.25, -0.2) is 0 Å². The van der Waals surface area contributed by atoms with Crippen molar-refractivity contribution in [2.75, 3.05) is 19.6 Å². The lowest BCUT2D eigenvalue weighted by atomic mass is 9.92. The van der Waals surface area contributed by atoms with Crippen LogP contribution in [-0.2, 0) is 6.42 Å². The van der Waals surface area contributed by atoms with Crippen LogP contribution in [0.3, 0.4) is 0 Å². The van der Waals surface area contributed by atoms with Crippen molar-refractivity contribution in [1.29, 1.82) is 0 Å². The highest BCUT2D eigenvalue weighted by Gasteiger charge is 2.22. The van der Waals surface area contributed by atoms with Crippen LogP contribution in [0.2, 0.25) is 0 Å². The van der Waals surface area contributed by atoms with E-state index >= 15 is 0 Å². The Balaban J connectivity index is 1.76. The molecule has 1 atom stereocenters. The number of hydrogen-bond donors (Lipinski definition) is 1. The molecule has 3 heteroatoms. The van der Waals surface area contributed by atoms with E-state index in [-0.39, 0.29) is 0 Å². The molecule has 1 aliphatic heterocycles. The third-order valence-electron chi connectivity index (χ3n) is 3.92. The Hall–Kier alpha value is -0.800. The third-order valence-corrected chi connectivity index (χ3v) is 3.92. The van der Waals surface area contributed by atoms with Crippen LogP contribution < -0.4 is 5.73 Å². The van der Waals surface area contributed by atoms with E-state index in [1.165, 1.54) is 32.4 Å². The minimum Gasteiger partial charge on any atom is -0.469 e. The minimum absolute atomic E-state index is 0.583. The van der Waals surface area contributed by atoms with Crippen molar-refractivity contribution in [1.82, 2.24) is 4.90 Å². The van der Waals surface area contributed by atoms with Crippen molar-refractivity contribution in [2.24, 2.45) is 11.7 Å². The van der Waals surface area contributed by atoms with Gasteiger partial charge in [0.15, 0.2) is 0 Å². The summed E-state index contributed by atoms with van der Waals surface area (Å²) in [5, 5.41) is 0. The number of nitrogens with zero attached hydrogens (tertiary/aromatic N) is 1. The number of rotatable bonds is 5. The Labute approximate surface area is 104 Å². The number of hydrogen-bond acceptors (Lipinski definition) is 3. The SMILES string of the molecule is CC(Cc1ccco1)N1CCC(CCN)CC1. The van der Waals surface area contributed by atoms with Crippen molar-refractivity contribution in [2.45, 2.75) is 38.6 Å². The van der Waals surface area contributed by atoms with Crippen LogP contribution in [0.4, 0.5) is 0 Å². The van der Waals surface area contributed by atoms with Crippen molar-refractivity contribution in [3.8, 4) is 0 Å². The number of piperidine rings is 1. The standard InChI is InChI=1S/C14H24N2O/c1-12(11-14-3-2-10-17-14)16-8-5-13(4-7-15)6-9-16/h2-3,10,12-13H,4-9,11,15H2,1H3. The summed E-state index contributed by atoms with van der Waals surface area (Å²) in [6.45, 7) is 5.57.